The van der Waals surface area contributed by atoms with Gasteiger partial charge in [-0.05, 0) is 19.3 Å². The van der Waals surface area contributed by atoms with Crippen molar-refractivity contribution in [2.45, 2.75) is 50.0 Å². The second-order valence-electron chi connectivity index (χ2n) is 4.70. The average molecular weight is 282 g/mol. The number of rotatable bonds is 7. The molecule has 0 aliphatic carbocycles. The van der Waals surface area contributed by atoms with E-state index in [-0.39, 0.29) is 12.1 Å². The SMILES string of the molecule is C=CCSc1nnc(C(N)CC)n1CC1CCCO1. The fourth-order valence-electron chi connectivity index (χ4n) is 2.16. The van der Waals surface area contributed by atoms with Gasteiger partial charge < -0.3 is 15.0 Å². The highest BCUT2D eigenvalue weighted by Gasteiger charge is 2.22. The molecular formula is C13H22N4OS. The van der Waals surface area contributed by atoms with E-state index in [4.69, 9.17) is 10.5 Å². The van der Waals surface area contributed by atoms with Crippen LogP contribution in [-0.2, 0) is 11.3 Å². The molecule has 1 aromatic rings. The summed E-state index contributed by atoms with van der Waals surface area (Å²) in [6.45, 7) is 7.46. The van der Waals surface area contributed by atoms with Gasteiger partial charge in [-0.25, -0.2) is 0 Å². The van der Waals surface area contributed by atoms with Crippen LogP contribution in [0.2, 0.25) is 0 Å². The van der Waals surface area contributed by atoms with Crippen LogP contribution >= 0.6 is 11.8 Å². The van der Waals surface area contributed by atoms with Crippen LogP contribution in [0.5, 0.6) is 0 Å². The van der Waals surface area contributed by atoms with Crippen LogP contribution in [0.25, 0.3) is 0 Å². The molecule has 2 atom stereocenters. The van der Waals surface area contributed by atoms with Gasteiger partial charge >= 0.3 is 0 Å². The molecule has 2 N–H and O–H groups in total. The van der Waals surface area contributed by atoms with Crippen LogP contribution in [0, 0.1) is 0 Å². The van der Waals surface area contributed by atoms with Crippen LogP contribution in [0.15, 0.2) is 17.8 Å². The maximum Gasteiger partial charge on any atom is 0.191 e. The summed E-state index contributed by atoms with van der Waals surface area (Å²) in [6, 6.07) is -0.0630. The van der Waals surface area contributed by atoms with Gasteiger partial charge in [-0.1, -0.05) is 24.8 Å². The quantitative estimate of drug-likeness (QED) is 0.613. The molecular weight excluding hydrogens is 260 g/mol. The largest absolute Gasteiger partial charge is 0.376 e. The summed E-state index contributed by atoms with van der Waals surface area (Å²) in [5, 5.41) is 9.43. The molecule has 106 valence electrons. The van der Waals surface area contributed by atoms with E-state index in [1.54, 1.807) is 11.8 Å². The zero-order valence-corrected chi connectivity index (χ0v) is 12.2. The molecule has 0 bridgehead atoms. The van der Waals surface area contributed by atoms with Gasteiger partial charge in [-0.2, -0.15) is 0 Å². The van der Waals surface area contributed by atoms with E-state index in [9.17, 15) is 0 Å². The predicted molar refractivity (Wildman–Crippen MR) is 77.1 cm³/mol. The van der Waals surface area contributed by atoms with Crippen molar-refractivity contribution < 1.29 is 4.74 Å². The number of ether oxygens (including phenoxy) is 1. The van der Waals surface area contributed by atoms with E-state index in [2.05, 4.69) is 28.3 Å². The number of nitrogens with two attached hydrogens (primary N) is 1. The van der Waals surface area contributed by atoms with Gasteiger partial charge in [0, 0.05) is 12.4 Å². The highest BCUT2D eigenvalue weighted by molar-refractivity contribution is 7.99. The zero-order chi connectivity index (χ0) is 13.7. The minimum Gasteiger partial charge on any atom is -0.376 e. The lowest BCUT2D eigenvalue weighted by Crippen LogP contribution is -2.22. The topological polar surface area (TPSA) is 66.0 Å². The number of thioether (sulfide) groups is 1. The first-order valence-corrected chi connectivity index (χ1v) is 7.78. The van der Waals surface area contributed by atoms with Crippen molar-refractivity contribution in [2.24, 2.45) is 5.73 Å². The van der Waals surface area contributed by atoms with Gasteiger partial charge in [0.05, 0.1) is 18.7 Å². The predicted octanol–water partition coefficient (Wildman–Crippen LogP) is 2.15. The Morgan fingerprint density at radius 2 is 2.47 bits per heavy atom. The molecule has 2 unspecified atom stereocenters. The third-order valence-electron chi connectivity index (χ3n) is 3.26. The summed E-state index contributed by atoms with van der Waals surface area (Å²) in [6.07, 6.45) is 5.23. The van der Waals surface area contributed by atoms with E-state index in [1.807, 2.05) is 6.08 Å². The fourth-order valence-corrected chi connectivity index (χ4v) is 2.85. The first-order valence-electron chi connectivity index (χ1n) is 6.80. The molecule has 0 amide bonds. The lowest BCUT2D eigenvalue weighted by Gasteiger charge is -2.16. The first kappa shape index (κ1) is 14.6. The average Bonchev–Trinajstić information content (AvgIpc) is 3.06. The van der Waals surface area contributed by atoms with Crippen LogP contribution in [-0.4, -0.2) is 33.2 Å². The highest BCUT2D eigenvalue weighted by atomic mass is 32.2. The Kier molecular flexibility index (Phi) is 5.42. The van der Waals surface area contributed by atoms with Crippen LogP contribution in [0.4, 0.5) is 0 Å². The molecule has 0 aromatic carbocycles. The van der Waals surface area contributed by atoms with Crippen molar-refractivity contribution in [3.63, 3.8) is 0 Å². The van der Waals surface area contributed by atoms with Gasteiger partial charge in [-0.15, -0.1) is 16.8 Å². The van der Waals surface area contributed by atoms with E-state index in [0.29, 0.717) is 0 Å². The van der Waals surface area contributed by atoms with Crippen molar-refractivity contribution in [2.75, 3.05) is 12.4 Å². The Morgan fingerprint density at radius 3 is 3.11 bits per heavy atom. The Hall–Kier alpha value is -0.850. The lowest BCUT2D eigenvalue weighted by atomic mass is 10.2. The van der Waals surface area contributed by atoms with Crippen LogP contribution < -0.4 is 5.73 Å². The van der Waals surface area contributed by atoms with Crippen molar-refractivity contribution >= 4 is 11.8 Å². The molecule has 5 nitrogen and oxygen atoms in total. The Morgan fingerprint density at radius 1 is 1.63 bits per heavy atom. The first-order chi connectivity index (χ1) is 9.26. The van der Waals surface area contributed by atoms with Gasteiger partial charge in [0.25, 0.3) is 0 Å². The third kappa shape index (κ3) is 3.58. The maximum atomic E-state index is 6.12. The number of aromatic nitrogens is 3. The zero-order valence-electron chi connectivity index (χ0n) is 11.4. The third-order valence-corrected chi connectivity index (χ3v) is 4.22. The molecule has 19 heavy (non-hydrogen) atoms. The smallest absolute Gasteiger partial charge is 0.191 e. The molecule has 1 aliphatic rings. The van der Waals surface area contributed by atoms with Gasteiger partial charge in [0.1, 0.15) is 0 Å². The van der Waals surface area contributed by atoms with E-state index in [0.717, 1.165) is 49.1 Å². The lowest BCUT2D eigenvalue weighted by molar-refractivity contribution is 0.0938. The molecule has 2 heterocycles. The Balaban J connectivity index is 2.17. The molecule has 1 saturated heterocycles. The van der Waals surface area contributed by atoms with Crippen LogP contribution in [0.1, 0.15) is 38.1 Å². The van der Waals surface area contributed by atoms with Crippen LogP contribution in [0.3, 0.4) is 0 Å². The Bertz CT molecular complexity index is 415. The number of hydrogen-bond acceptors (Lipinski definition) is 5. The monoisotopic (exact) mass is 282 g/mol. The summed E-state index contributed by atoms with van der Waals surface area (Å²) in [5.74, 6) is 1.69. The summed E-state index contributed by atoms with van der Waals surface area (Å²) < 4.78 is 7.83. The van der Waals surface area contributed by atoms with Gasteiger partial charge in [-0.3, -0.25) is 0 Å². The summed E-state index contributed by atoms with van der Waals surface area (Å²) >= 11 is 1.64. The van der Waals surface area contributed by atoms with Crippen molar-refractivity contribution in [3.8, 4) is 0 Å². The number of hydrogen-bond donors (Lipinski definition) is 1. The molecule has 1 fully saturated rings. The van der Waals surface area contributed by atoms with E-state index in [1.165, 1.54) is 0 Å². The molecule has 2 rings (SSSR count). The summed E-state index contributed by atoms with van der Waals surface area (Å²) in [4.78, 5) is 0. The summed E-state index contributed by atoms with van der Waals surface area (Å²) in [7, 11) is 0. The molecule has 1 aliphatic heterocycles. The van der Waals surface area contributed by atoms with E-state index < -0.39 is 0 Å². The normalized spacial score (nSPS) is 20.6. The molecule has 1 aromatic heterocycles. The fraction of sp³-hybridized carbons (Fsp3) is 0.692. The van der Waals surface area contributed by atoms with Crippen molar-refractivity contribution in [3.05, 3.63) is 18.5 Å². The molecule has 6 heteroatoms. The van der Waals surface area contributed by atoms with Gasteiger partial charge in [0.15, 0.2) is 11.0 Å². The van der Waals surface area contributed by atoms with Gasteiger partial charge in [0.2, 0.25) is 0 Å². The summed E-state index contributed by atoms with van der Waals surface area (Å²) in [5.41, 5.74) is 6.12. The maximum absolute atomic E-state index is 6.12. The minimum atomic E-state index is -0.0630. The Labute approximate surface area is 118 Å². The van der Waals surface area contributed by atoms with E-state index >= 15 is 0 Å². The second kappa shape index (κ2) is 7.07. The number of nitrogens with zero attached hydrogens (tertiary/aromatic N) is 3. The minimum absolute atomic E-state index is 0.0630. The second-order valence-corrected chi connectivity index (χ2v) is 5.69. The van der Waals surface area contributed by atoms with Crippen molar-refractivity contribution in [1.29, 1.82) is 0 Å². The molecule has 0 radical (unpaired) electrons. The molecule has 0 saturated carbocycles. The highest BCUT2D eigenvalue weighted by Crippen LogP contribution is 2.24. The van der Waals surface area contributed by atoms with Crippen molar-refractivity contribution in [1.82, 2.24) is 14.8 Å². The standard InChI is InChI=1S/C13H22N4OS/c1-3-8-19-13-16-15-12(11(14)4-2)17(13)9-10-6-5-7-18-10/h3,10-11H,1,4-9,14H2,2H3. The molecule has 0 spiro atoms.